The monoisotopic (exact) mass is 222 g/mol. The maximum absolute atomic E-state index is 11.7. The minimum atomic E-state index is -0.632. The molecular formula is C13H18O3. The van der Waals surface area contributed by atoms with Gasteiger partial charge < -0.3 is 9.47 Å². The average molecular weight is 222 g/mol. The molecule has 0 aliphatic carbocycles. The van der Waals surface area contributed by atoms with Crippen LogP contribution in [0.3, 0.4) is 0 Å². The molecule has 0 N–H and O–H groups in total. The number of hydrogen-bond acceptors (Lipinski definition) is 3. The van der Waals surface area contributed by atoms with Gasteiger partial charge in [-0.25, -0.2) is 0 Å². The summed E-state index contributed by atoms with van der Waals surface area (Å²) < 4.78 is 10.4. The Bertz CT molecular complexity index is 338. The summed E-state index contributed by atoms with van der Waals surface area (Å²) in [6.07, 6.45) is -0.632. The molecule has 0 fully saturated rings. The van der Waals surface area contributed by atoms with Gasteiger partial charge in [0.1, 0.15) is 0 Å². The van der Waals surface area contributed by atoms with Crippen LogP contribution in [0.25, 0.3) is 0 Å². The Morgan fingerprint density at radius 3 is 2.19 bits per heavy atom. The van der Waals surface area contributed by atoms with E-state index < -0.39 is 11.7 Å². The van der Waals surface area contributed by atoms with Crippen LogP contribution in [0, 0.1) is 5.41 Å². The number of carbonyl (C=O) groups is 1. The highest BCUT2D eigenvalue weighted by Crippen LogP contribution is 2.23. The molecule has 0 aliphatic heterocycles. The Labute approximate surface area is 96.4 Å². The quantitative estimate of drug-likeness (QED) is 0.582. The lowest BCUT2D eigenvalue weighted by molar-refractivity contribution is -0.184. The molecule has 0 aromatic heterocycles. The highest BCUT2D eigenvalue weighted by molar-refractivity contribution is 5.75. The minimum Gasteiger partial charge on any atom is -0.431 e. The molecule has 3 nitrogen and oxygen atoms in total. The number of benzene rings is 1. The SMILES string of the molecule is COC(OC(=O)C(C)(C)C)c1ccccc1. The van der Waals surface area contributed by atoms with Gasteiger partial charge in [-0.1, -0.05) is 30.3 Å². The van der Waals surface area contributed by atoms with Gasteiger partial charge in [0.15, 0.2) is 0 Å². The molecule has 0 aliphatic rings. The van der Waals surface area contributed by atoms with E-state index in [1.54, 1.807) is 0 Å². The van der Waals surface area contributed by atoms with Gasteiger partial charge in [0.25, 0.3) is 0 Å². The van der Waals surface area contributed by atoms with E-state index >= 15 is 0 Å². The van der Waals surface area contributed by atoms with Crippen LogP contribution < -0.4 is 0 Å². The zero-order valence-corrected chi connectivity index (χ0v) is 10.2. The van der Waals surface area contributed by atoms with Crippen molar-refractivity contribution < 1.29 is 14.3 Å². The van der Waals surface area contributed by atoms with Crippen molar-refractivity contribution in [3.63, 3.8) is 0 Å². The van der Waals surface area contributed by atoms with E-state index in [2.05, 4.69) is 0 Å². The third kappa shape index (κ3) is 3.35. The average Bonchev–Trinajstić information content (AvgIpc) is 2.25. The van der Waals surface area contributed by atoms with Gasteiger partial charge in [-0.3, -0.25) is 4.79 Å². The molecule has 0 heterocycles. The summed E-state index contributed by atoms with van der Waals surface area (Å²) in [6.45, 7) is 5.44. The number of hydrogen-bond donors (Lipinski definition) is 0. The largest absolute Gasteiger partial charge is 0.431 e. The fraction of sp³-hybridized carbons (Fsp3) is 0.462. The molecule has 0 spiro atoms. The first-order chi connectivity index (χ1) is 7.45. The number of carbonyl (C=O) groups excluding carboxylic acids is 1. The molecule has 1 aromatic rings. The molecule has 1 aromatic carbocycles. The predicted molar refractivity (Wildman–Crippen MR) is 61.7 cm³/mol. The van der Waals surface area contributed by atoms with Crippen LogP contribution in [0.5, 0.6) is 0 Å². The molecule has 1 rings (SSSR count). The molecule has 16 heavy (non-hydrogen) atoms. The molecule has 0 bridgehead atoms. The Balaban J connectivity index is 2.75. The van der Waals surface area contributed by atoms with Gasteiger partial charge in [-0.15, -0.1) is 0 Å². The lowest BCUT2D eigenvalue weighted by Gasteiger charge is -2.22. The summed E-state index contributed by atoms with van der Waals surface area (Å²) in [4.78, 5) is 11.7. The van der Waals surface area contributed by atoms with E-state index in [4.69, 9.17) is 9.47 Å². The van der Waals surface area contributed by atoms with Gasteiger partial charge in [0.2, 0.25) is 6.29 Å². The van der Waals surface area contributed by atoms with Crippen LogP contribution in [0.1, 0.15) is 32.6 Å². The first kappa shape index (κ1) is 12.7. The second kappa shape index (κ2) is 5.12. The van der Waals surface area contributed by atoms with Crippen molar-refractivity contribution in [2.75, 3.05) is 7.11 Å². The van der Waals surface area contributed by atoms with E-state index in [-0.39, 0.29) is 5.97 Å². The van der Waals surface area contributed by atoms with Crippen molar-refractivity contribution in [1.82, 2.24) is 0 Å². The number of ether oxygens (including phenoxy) is 2. The van der Waals surface area contributed by atoms with E-state index in [0.29, 0.717) is 0 Å². The lowest BCUT2D eigenvalue weighted by atomic mass is 9.97. The molecular weight excluding hydrogens is 204 g/mol. The van der Waals surface area contributed by atoms with Crippen molar-refractivity contribution in [3.05, 3.63) is 35.9 Å². The molecule has 1 atom stereocenters. The standard InChI is InChI=1S/C13H18O3/c1-13(2,3)12(14)16-11(15-4)10-8-6-5-7-9-10/h5-9,11H,1-4H3. The molecule has 0 amide bonds. The van der Waals surface area contributed by atoms with Crippen molar-refractivity contribution in [1.29, 1.82) is 0 Å². The molecule has 3 heteroatoms. The third-order valence-corrected chi connectivity index (χ3v) is 2.11. The van der Waals surface area contributed by atoms with Crippen LogP contribution in [-0.4, -0.2) is 13.1 Å². The zero-order valence-electron chi connectivity index (χ0n) is 10.2. The molecule has 1 unspecified atom stereocenters. The molecule has 88 valence electrons. The zero-order chi connectivity index (χ0) is 12.2. The van der Waals surface area contributed by atoms with Crippen molar-refractivity contribution in [2.24, 2.45) is 5.41 Å². The topological polar surface area (TPSA) is 35.5 Å². The van der Waals surface area contributed by atoms with Crippen molar-refractivity contribution in [3.8, 4) is 0 Å². The predicted octanol–water partition coefficient (Wildman–Crippen LogP) is 2.92. The van der Waals surface area contributed by atoms with Gasteiger partial charge in [0, 0.05) is 12.7 Å². The normalized spacial score (nSPS) is 13.2. The molecule has 0 radical (unpaired) electrons. The van der Waals surface area contributed by atoms with Crippen LogP contribution in [0.4, 0.5) is 0 Å². The van der Waals surface area contributed by atoms with Crippen molar-refractivity contribution in [2.45, 2.75) is 27.1 Å². The van der Waals surface area contributed by atoms with Crippen molar-refractivity contribution >= 4 is 5.97 Å². The van der Waals surface area contributed by atoms with Crippen LogP contribution in [-0.2, 0) is 14.3 Å². The highest BCUT2D eigenvalue weighted by atomic mass is 16.7. The van der Waals surface area contributed by atoms with Crippen LogP contribution in [0.2, 0.25) is 0 Å². The van der Waals surface area contributed by atoms with Gasteiger partial charge in [-0.2, -0.15) is 0 Å². The summed E-state index contributed by atoms with van der Waals surface area (Å²) in [6, 6.07) is 9.40. The maximum Gasteiger partial charge on any atom is 0.313 e. The summed E-state index contributed by atoms with van der Waals surface area (Å²) in [5.41, 5.74) is 0.313. The van der Waals surface area contributed by atoms with Gasteiger partial charge >= 0.3 is 5.97 Å². The highest BCUT2D eigenvalue weighted by Gasteiger charge is 2.26. The smallest absolute Gasteiger partial charge is 0.313 e. The van der Waals surface area contributed by atoms with Gasteiger partial charge in [-0.05, 0) is 20.8 Å². The van der Waals surface area contributed by atoms with Crippen LogP contribution >= 0.6 is 0 Å². The number of methoxy groups -OCH3 is 1. The number of rotatable bonds is 3. The number of esters is 1. The third-order valence-electron chi connectivity index (χ3n) is 2.11. The Hall–Kier alpha value is -1.35. The summed E-state index contributed by atoms with van der Waals surface area (Å²) in [5, 5.41) is 0. The fourth-order valence-corrected chi connectivity index (χ4v) is 1.14. The van der Waals surface area contributed by atoms with E-state index in [0.717, 1.165) is 5.56 Å². The summed E-state index contributed by atoms with van der Waals surface area (Å²) >= 11 is 0. The second-order valence-corrected chi connectivity index (χ2v) is 4.63. The summed E-state index contributed by atoms with van der Waals surface area (Å²) in [7, 11) is 1.52. The fourth-order valence-electron chi connectivity index (χ4n) is 1.14. The maximum atomic E-state index is 11.7. The van der Waals surface area contributed by atoms with E-state index in [9.17, 15) is 4.79 Å². The Morgan fingerprint density at radius 2 is 1.75 bits per heavy atom. The summed E-state index contributed by atoms with van der Waals surface area (Å²) in [5.74, 6) is -0.275. The molecule has 0 saturated heterocycles. The Kier molecular flexibility index (Phi) is 4.07. The molecule has 0 saturated carbocycles. The van der Waals surface area contributed by atoms with Crippen LogP contribution in [0.15, 0.2) is 30.3 Å². The Morgan fingerprint density at radius 1 is 1.19 bits per heavy atom. The lowest BCUT2D eigenvalue weighted by Crippen LogP contribution is -2.25. The first-order valence-corrected chi connectivity index (χ1v) is 5.24. The minimum absolute atomic E-state index is 0.275. The second-order valence-electron chi connectivity index (χ2n) is 4.63. The van der Waals surface area contributed by atoms with E-state index in [1.807, 2.05) is 51.1 Å². The van der Waals surface area contributed by atoms with Gasteiger partial charge in [0.05, 0.1) is 5.41 Å². The van der Waals surface area contributed by atoms with E-state index in [1.165, 1.54) is 7.11 Å². The first-order valence-electron chi connectivity index (χ1n) is 5.24.